The Kier molecular flexibility index (Phi) is 7.29. The van der Waals surface area contributed by atoms with Crippen LogP contribution in [-0.4, -0.2) is 78.7 Å². The van der Waals surface area contributed by atoms with Gasteiger partial charge in [-0.25, -0.2) is 0 Å². The number of benzene rings is 1. The Balaban J connectivity index is 1.16. The summed E-state index contributed by atoms with van der Waals surface area (Å²) in [5, 5.41) is 7.58. The highest BCUT2D eigenvalue weighted by atomic mass is 32.2. The molecule has 3 heterocycles. The molecule has 0 aliphatic carbocycles. The summed E-state index contributed by atoms with van der Waals surface area (Å²) in [6, 6.07) is 10.7. The molecule has 2 N–H and O–H groups in total. The zero-order chi connectivity index (χ0) is 19.2. The van der Waals surface area contributed by atoms with Gasteiger partial charge in [-0.05, 0) is 50.3 Å². The smallest absolute Gasteiger partial charge is 0.240 e. The first-order valence-electron chi connectivity index (χ1n) is 10.9. The van der Waals surface area contributed by atoms with Crippen LogP contribution in [0.1, 0.15) is 24.8 Å². The molecule has 3 aliphatic rings. The van der Waals surface area contributed by atoms with E-state index in [2.05, 4.69) is 50.8 Å². The largest absolute Gasteiger partial charge is 0.339 e. The van der Waals surface area contributed by atoms with E-state index in [1.54, 1.807) is 0 Å². The van der Waals surface area contributed by atoms with E-state index >= 15 is 0 Å². The van der Waals surface area contributed by atoms with E-state index in [-0.39, 0.29) is 6.04 Å². The Labute approximate surface area is 173 Å². The van der Waals surface area contributed by atoms with Crippen LogP contribution in [0.25, 0.3) is 0 Å². The molecule has 3 unspecified atom stereocenters. The molecule has 0 aromatic heterocycles. The van der Waals surface area contributed by atoms with Gasteiger partial charge in [0.1, 0.15) is 0 Å². The highest BCUT2D eigenvalue weighted by Gasteiger charge is 2.37. The van der Waals surface area contributed by atoms with Crippen molar-refractivity contribution in [2.24, 2.45) is 5.92 Å². The van der Waals surface area contributed by atoms with Crippen LogP contribution in [0.15, 0.2) is 30.3 Å². The summed E-state index contributed by atoms with van der Waals surface area (Å²) < 4.78 is 0. The lowest BCUT2D eigenvalue weighted by molar-refractivity contribution is -0.134. The summed E-state index contributed by atoms with van der Waals surface area (Å²) in [6.45, 7) is 7.14. The van der Waals surface area contributed by atoms with Crippen LogP contribution < -0.4 is 10.6 Å². The molecule has 4 rings (SSSR count). The van der Waals surface area contributed by atoms with Gasteiger partial charge >= 0.3 is 0 Å². The van der Waals surface area contributed by atoms with Gasteiger partial charge in [-0.15, -0.1) is 11.8 Å². The van der Waals surface area contributed by atoms with Crippen molar-refractivity contribution in [2.45, 2.75) is 37.1 Å². The van der Waals surface area contributed by atoms with Crippen LogP contribution in [0.3, 0.4) is 0 Å². The first kappa shape index (κ1) is 20.2. The van der Waals surface area contributed by atoms with Gasteiger partial charge in [-0.3, -0.25) is 15.0 Å². The molecule has 0 spiro atoms. The van der Waals surface area contributed by atoms with Crippen molar-refractivity contribution in [1.29, 1.82) is 0 Å². The molecule has 0 bridgehead atoms. The zero-order valence-electron chi connectivity index (χ0n) is 16.8. The lowest BCUT2D eigenvalue weighted by Crippen LogP contribution is -2.54. The number of amides is 1. The third-order valence-corrected chi connectivity index (χ3v) is 7.74. The second kappa shape index (κ2) is 10.1. The fourth-order valence-electron chi connectivity index (χ4n) is 4.61. The number of carbonyl (C=O) groups excluding carboxylic acids is 1. The molecule has 3 saturated heterocycles. The molecular weight excluding hydrogens is 368 g/mol. The maximum atomic E-state index is 13.0. The summed E-state index contributed by atoms with van der Waals surface area (Å²) in [4.78, 5) is 17.6. The molecule has 3 aliphatic heterocycles. The number of nitrogens with one attached hydrogen (secondary N) is 2. The zero-order valence-corrected chi connectivity index (χ0v) is 17.6. The predicted molar refractivity (Wildman–Crippen MR) is 117 cm³/mol. The quantitative estimate of drug-likeness (QED) is 0.760. The number of piperazine rings is 1. The molecule has 1 aromatic carbocycles. The molecule has 3 atom stereocenters. The van der Waals surface area contributed by atoms with Gasteiger partial charge in [0, 0.05) is 38.5 Å². The molecular formula is C22H34N4OS. The van der Waals surface area contributed by atoms with Crippen molar-refractivity contribution < 1.29 is 4.79 Å². The average Bonchev–Trinajstić information content (AvgIpc) is 3.25. The van der Waals surface area contributed by atoms with Gasteiger partial charge in [0.25, 0.3) is 0 Å². The molecule has 6 heteroatoms. The van der Waals surface area contributed by atoms with E-state index in [0.717, 1.165) is 58.0 Å². The van der Waals surface area contributed by atoms with Crippen LogP contribution >= 0.6 is 11.8 Å². The van der Waals surface area contributed by atoms with Gasteiger partial charge < -0.3 is 10.2 Å². The molecule has 1 amide bonds. The molecule has 154 valence electrons. The number of hydrogen-bond acceptors (Lipinski definition) is 5. The number of aryl methyl sites for hydroxylation is 1. The highest BCUT2D eigenvalue weighted by Crippen LogP contribution is 2.29. The number of thioether (sulfide) groups is 1. The minimum atomic E-state index is 0.0153. The predicted octanol–water partition coefficient (Wildman–Crippen LogP) is 1.79. The van der Waals surface area contributed by atoms with Crippen LogP contribution in [0.5, 0.6) is 0 Å². The number of hydrogen-bond donors (Lipinski definition) is 2. The Morgan fingerprint density at radius 1 is 1.14 bits per heavy atom. The number of rotatable bonds is 6. The first-order chi connectivity index (χ1) is 13.8. The van der Waals surface area contributed by atoms with Crippen molar-refractivity contribution in [2.75, 3.05) is 51.6 Å². The van der Waals surface area contributed by atoms with Crippen LogP contribution in [0, 0.1) is 5.92 Å². The lowest BCUT2D eigenvalue weighted by atomic mass is 9.99. The van der Waals surface area contributed by atoms with Crippen LogP contribution in [0.4, 0.5) is 0 Å². The Bertz CT molecular complexity index is 614. The maximum absolute atomic E-state index is 13.0. The minimum Gasteiger partial charge on any atom is -0.339 e. The van der Waals surface area contributed by atoms with Crippen molar-refractivity contribution >= 4 is 17.7 Å². The molecule has 0 radical (unpaired) electrons. The van der Waals surface area contributed by atoms with Crippen LogP contribution in [-0.2, 0) is 11.2 Å². The minimum absolute atomic E-state index is 0.0153. The maximum Gasteiger partial charge on any atom is 0.240 e. The van der Waals surface area contributed by atoms with Gasteiger partial charge in [0.05, 0.1) is 11.4 Å². The average molecular weight is 403 g/mol. The fourth-order valence-corrected chi connectivity index (χ4v) is 6.01. The summed E-state index contributed by atoms with van der Waals surface area (Å²) in [7, 11) is 0. The summed E-state index contributed by atoms with van der Waals surface area (Å²) >= 11 is 1.95. The summed E-state index contributed by atoms with van der Waals surface area (Å²) in [6.07, 6.45) is 4.87. The van der Waals surface area contributed by atoms with Crippen molar-refractivity contribution in [3.63, 3.8) is 0 Å². The van der Waals surface area contributed by atoms with Gasteiger partial charge in [0.2, 0.25) is 5.91 Å². The van der Waals surface area contributed by atoms with E-state index in [1.165, 1.54) is 24.8 Å². The molecule has 28 heavy (non-hydrogen) atoms. The van der Waals surface area contributed by atoms with Gasteiger partial charge in [0.15, 0.2) is 0 Å². The van der Waals surface area contributed by atoms with Gasteiger partial charge in [-0.2, -0.15) is 0 Å². The van der Waals surface area contributed by atoms with Crippen molar-refractivity contribution in [1.82, 2.24) is 20.4 Å². The molecule has 5 nitrogen and oxygen atoms in total. The second-order valence-electron chi connectivity index (χ2n) is 8.34. The third kappa shape index (κ3) is 5.29. The summed E-state index contributed by atoms with van der Waals surface area (Å²) in [5.41, 5.74) is 1.42. The van der Waals surface area contributed by atoms with E-state index in [9.17, 15) is 4.79 Å². The van der Waals surface area contributed by atoms with Crippen LogP contribution in [0.2, 0.25) is 0 Å². The third-order valence-electron chi connectivity index (χ3n) is 6.34. The second-order valence-corrected chi connectivity index (χ2v) is 9.51. The normalized spacial score (nSPS) is 29.1. The first-order valence-corrected chi connectivity index (χ1v) is 12.0. The van der Waals surface area contributed by atoms with Gasteiger partial charge in [-0.1, -0.05) is 30.3 Å². The molecule has 1 aromatic rings. The van der Waals surface area contributed by atoms with E-state index in [0.29, 0.717) is 17.2 Å². The number of nitrogens with zero attached hydrogens (tertiary/aromatic N) is 2. The highest BCUT2D eigenvalue weighted by molar-refractivity contribution is 8.00. The molecule has 3 fully saturated rings. The Morgan fingerprint density at radius 2 is 1.96 bits per heavy atom. The SMILES string of the molecule is O=C(C1CSC(C2CCCNC2)N1)N1CCN(CCCc2ccccc2)CC1. The number of carbonyl (C=O) groups is 1. The summed E-state index contributed by atoms with van der Waals surface area (Å²) in [5.74, 6) is 1.91. The van der Waals surface area contributed by atoms with Crippen molar-refractivity contribution in [3.8, 4) is 0 Å². The fraction of sp³-hybridized carbons (Fsp3) is 0.682. The van der Waals surface area contributed by atoms with E-state index < -0.39 is 0 Å². The standard InChI is InChI=1S/C22H34N4OS/c27-22(20-17-28-21(24-20)19-9-4-10-23-16-19)26-14-12-25(13-15-26)11-5-8-18-6-2-1-3-7-18/h1-3,6-7,19-21,23-24H,4-5,8-17H2. The van der Waals surface area contributed by atoms with E-state index in [4.69, 9.17) is 0 Å². The lowest BCUT2D eigenvalue weighted by Gasteiger charge is -2.36. The Morgan fingerprint density at radius 3 is 2.71 bits per heavy atom. The number of piperidine rings is 1. The molecule has 0 saturated carbocycles. The topological polar surface area (TPSA) is 47.6 Å². The Hall–Kier alpha value is -1.08. The monoisotopic (exact) mass is 402 g/mol. The van der Waals surface area contributed by atoms with E-state index in [1.807, 2.05) is 11.8 Å². The van der Waals surface area contributed by atoms with Crippen molar-refractivity contribution in [3.05, 3.63) is 35.9 Å².